The second-order valence-corrected chi connectivity index (χ2v) is 6.91. The van der Waals surface area contributed by atoms with E-state index < -0.39 is 0 Å². The minimum absolute atomic E-state index is 0.00894. The number of aromatic nitrogens is 5. The molecule has 148 valence electrons. The van der Waals surface area contributed by atoms with E-state index in [1.165, 1.54) is 0 Å². The molecule has 1 aliphatic rings. The third kappa shape index (κ3) is 3.04. The van der Waals surface area contributed by atoms with Gasteiger partial charge in [-0.25, -0.2) is 4.98 Å². The number of rotatable bonds is 4. The number of pyridine rings is 2. The lowest BCUT2D eigenvalue weighted by Gasteiger charge is -2.26. The molecule has 29 heavy (non-hydrogen) atoms. The number of ether oxygens (including phenoxy) is 1. The average Bonchev–Trinajstić information content (AvgIpc) is 3.38. The third-order valence-corrected chi connectivity index (χ3v) is 5.22. The zero-order valence-corrected chi connectivity index (χ0v) is 15.7. The summed E-state index contributed by atoms with van der Waals surface area (Å²) >= 11 is 0. The molecule has 9 heteroatoms. The predicted octanol–water partition coefficient (Wildman–Crippen LogP) is 1.21. The molecule has 4 aromatic heterocycles. The van der Waals surface area contributed by atoms with Crippen LogP contribution in [0, 0.1) is 0 Å². The number of hydrogen-bond donors (Lipinski definition) is 1. The molecule has 0 aliphatic carbocycles. The molecule has 0 bridgehead atoms. The number of imidazole rings is 1. The van der Waals surface area contributed by atoms with Crippen LogP contribution in [0.2, 0.25) is 0 Å². The van der Waals surface area contributed by atoms with E-state index in [0.29, 0.717) is 44.2 Å². The lowest BCUT2D eigenvalue weighted by atomic mass is 10.1. The molecule has 9 nitrogen and oxygen atoms in total. The molecule has 0 aromatic carbocycles. The van der Waals surface area contributed by atoms with E-state index in [4.69, 9.17) is 4.74 Å². The second-order valence-electron chi connectivity index (χ2n) is 6.91. The minimum atomic E-state index is -0.0509. The summed E-state index contributed by atoms with van der Waals surface area (Å²) in [6.07, 6.45) is 8.84. The van der Waals surface area contributed by atoms with Crippen LogP contribution in [-0.4, -0.2) is 73.0 Å². The molecule has 1 saturated heterocycles. The van der Waals surface area contributed by atoms with Crippen molar-refractivity contribution in [3.63, 3.8) is 0 Å². The first-order chi connectivity index (χ1) is 14.3. The van der Waals surface area contributed by atoms with Crippen LogP contribution >= 0.6 is 0 Å². The van der Waals surface area contributed by atoms with Gasteiger partial charge in [0.15, 0.2) is 0 Å². The van der Waals surface area contributed by atoms with Gasteiger partial charge in [0.05, 0.1) is 50.5 Å². The molecule has 1 fully saturated rings. The molecule has 1 N–H and O–H groups in total. The molecule has 0 radical (unpaired) electrons. The molecule has 1 aliphatic heterocycles. The lowest BCUT2D eigenvalue weighted by molar-refractivity contribution is 0.0298. The fourth-order valence-corrected chi connectivity index (χ4v) is 3.72. The summed E-state index contributed by atoms with van der Waals surface area (Å²) in [6.45, 7) is 2.69. The van der Waals surface area contributed by atoms with Crippen molar-refractivity contribution in [3.8, 4) is 11.1 Å². The van der Waals surface area contributed by atoms with Crippen molar-refractivity contribution in [3.05, 3.63) is 48.8 Å². The Labute approximate surface area is 166 Å². The SMILES string of the molecule is O=C(c1cnc2ccc(-c3cncc4c3cnn4CCO)cn12)N1CCOCC1. The minimum Gasteiger partial charge on any atom is -0.394 e. The number of morpholine rings is 1. The van der Waals surface area contributed by atoms with Gasteiger partial charge in [-0.1, -0.05) is 0 Å². The molecular formula is C20H20N6O3. The van der Waals surface area contributed by atoms with Crippen molar-refractivity contribution in [2.45, 2.75) is 6.54 Å². The highest BCUT2D eigenvalue weighted by Gasteiger charge is 2.22. The van der Waals surface area contributed by atoms with Crippen molar-refractivity contribution in [1.82, 2.24) is 29.0 Å². The largest absolute Gasteiger partial charge is 0.394 e. The van der Waals surface area contributed by atoms with Crippen LogP contribution in [0.15, 0.2) is 43.1 Å². The molecule has 0 spiro atoms. The predicted molar refractivity (Wildman–Crippen MR) is 106 cm³/mol. The highest BCUT2D eigenvalue weighted by molar-refractivity contribution is 5.95. The number of carbonyl (C=O) groups is 1. The maximum Gasteiger partial charge on any atom is 0.272 e. The Kier molecular flexibility index (Phi) is 4.45. The van der Waals surface area contributed by atoms with E-state index in [1.807, 2.05) is 22.7 Å². The molecule has 5 rings (SSSR count). The number of carbonyl (C=O) groups excluding carboxylic acids is 1. The van der Waals surface area contributed by atoms with Crippen LogP contribution in [0.3, 0.4) is 0 Å². The Balaban J connectivity index is 1.58. The van der Waals surface area contributed by atoms with E-state index in [0.717, 1.165) is 22.0 Å². The van der Waals surface area contributed by atoms with Crippen molar-refractivity contribution < 1.29 is 14.6 Å². The van der Waals surface area contributed by atoms with Gasteiger partial charge >= 0.3 is 0 Å². The first-order valence-corrected chi connectivity index (χ1v) is 9.51. The summed E-state index contributed by atoms with van der Waals surface area (Å²) in [5.74, 6) is -0.0509. The molecule has 0 saturated carbocycles. The van der Waals surface area contributed by atoms with Gasteiger partial charge in [-0.3, -0.25) is 18.9 Å². The van der Waals surface area contributed by atoms with Crippen molar-refractivity contribution in [2.75, 3.05) is 32.9 Å². The van der Waals surface area contributed by atoms with Gasteiger partial charge in [0.1, 0.15) is 11.3 Å². The number of hydrogen-bond acceptors (Lipinski definition) is 6. The van der Waals surface area contributed by atoms with Crippen LogP contribution in [0.4, 0.5) is 0 Å². The van der Waals surface area contributed by atoms with Gasteiger partial charge < -0.3 is 14.7 Å². The number of nitrogens with zero attached hydrogens (tertiary/aromatic N) is 6. The Morgan fingerprint density at radius 3 is 2.83 bits per heavy atom. The molecule has 1 amide bonds. The first kappa shape index (κ1) is 17.8. The number of aliphatic hydroxyl groups is 1. The summed E-state index contributed by atoms with van der Waals surface area (Å²) < 4.78 is 8.90. The van der Waals surface area contributed by atoms with Crippen LogP contribution in [-0.2, 0) is 11.3 Å². The summed E-state index contributed by atoms with van der Waals surface area (Å²) in [5.41, 5.74) is 3.91. The maximum atomic E-state index is 13.0. The van der Waals surface area contributed by atoms with Gasteiger partial charge in [-0.2, -0.15) is 5.10 Å². The fraction of sp³-hybridized carbons (Fsp3) is 0.300. The van der Waals surface area contributed by atoms with Gasteiger partial charge in [0.25, 0.3) is 5.91 Å². The molecule has 4 aromatic rings. The van der Waals surface area contributed by atoms with Crippen LogP contribution < -0.4 is 0 Å². The van der Waals surface area contributed by atoms with E-state index in [-0.39, 0.29) is 12.5 Å². The number of fused-ring (bicyclic) bond motifs is 2. The second kappa shape index (κ2) is 7.26. The van der Waals surface area contributed by atoms with Gasteiger partial charge in [0, 0.05) is 42.0 Å². The van der Waals surface area contributed by atoms with Crippen LogP contribution in [0.25, 0.3) is 27.7 Å². The lowest BCUT2D eigenvalue weighted by Crippen LogP contribution is -2.41. The maximum absolute atomic E-state index is 13.0. The summed E-state index contributed by atoms with van der Waals surface area (Å²) in [7, 11) is 0. The Bertz CT molecular complexity index is 1190. The summed E-state index contributed by atoms with van der Waals surface area (Å²) in [5, 5.41) is 14.5. The Morgan fingerprint density at radius 1 is 1.14 bits per heavy atom. The smallest absolute Gasteiger partial charge is 0.272 e. The fourth-order valence-electron chi connectivity index (χ4n) is 3.72. The third-order valence-electron chi connectivity index (χ3n) is 5.22. The van der Waals surface area contributed by atoms with Crippen molar-refractivity contribution >= 4 is 22.5 Å². The first-order valence-electron chi connectivity index (χ1n) is 9.51. The zero-order chi connectivity index (χ0) is 19.8. The van der Waals surface area contributed by atoms with E-state index in [1.54, 1.807) is 34.4 Å². The molecule has 0 unspecified atom stereocenters. The van der Waals surface area contributed by atoms with Crippen LogP contribution in [0.5, 0.6) is 0 Å². The average molecular weight is 392 g/mol. The van der Waals surface area contributed by atoms with E-state index in [2.05, 4.69) is 15.1 Å². The standard InChI is InChI=1S/C20H20N6O3/c27-6-3-26-17-11-21-9-15(16(17)10-23-26)14-1-2-19-22-12-18(25(19)13-14)20(28)24-4-7-29-8-5-24/h1-2,9-13,27H,3-8H2. The highest BCUT2D eigenvalue weighted by atomic mass is 16.5. The molecular weight excluding hydrogens is 372 g/mol. The summed E-state index contributed by atoms with van der Waals surface area (Å²) in [4.78, 5) is 23.5. The number of aliphatic hydroxyl groups excluding tert-OH is 1. The molecule has 0 atom stereocenters. The topological polar surface area (TPSA) is 97.8 Å². The molecule has 5 heterocycles. The zero-order valence-electron chi connectivity index (χ0n) is 15.7. The van der Waals surface area contributed by atoms with Crippen molar-refractivity contribution in [2.24, 2.45) is 0 Å². The van der Waals surface area contributed by atoms with Crippen molar-refractivity contribution in [1.29, 1.82) is 0 Å². The van der Waals surface area contributed by atoms with E-state index >= 15 is 0 Å². The van der Waals surface area contributed by atoms with Crippen LogP contribution in [0.1, 0.15) is 10.5 Å². The van der Waals surface area contributed by atoms with E-state index in [9.17, 15) is 9.90 Å². The monoisotopic (exact) mass is 392 g/mol. The van der Waals surface area contributed by atoms with Gasteiger partial charge in [-0.05, 0) is 12.1 Å². The normalized spacial score (nSPS) is 14.7. The Morgan fingerprint density at radius 2 is 2.00 bits per heavy atom. The number of amides is 1. The quantitative estimate of drug-likeness (QED) is 0.561. The van der Waals surface area contributed by atoms with Gasteiger partial charge in [0.2, 0.25) is 0 Å². The van der Waals surface area contributed by atoms with Gasteiger partial charge in [-0.15, -0.1) is 0 Å². The summed E-state index contributed by atoms with van der Waals surface area (Å²) in [6, 6.07) is 3.85. The highest BCUT2D eigenvalue weighted by Crippen LogP contribution is 2.28. The Hall–Kier alpha value is -3.30.